The van der Waals surface area contributed by atoms with Crippen LogP contribution in [0.15, 0.2) is 72.0 Å². The second-order valence-corrected chi connectivity index (χ2v) is 6.31. The summed E-state index contributed by atoms with van der Waals surface area (Å²) in [6, 6.07) is 19.7. The van der Waals surface area contributed by atoms with Gasteiger partial charge in [-0.1, -0.05) is 36.4 Å². The molecule has 3 aromatic carbocycles. The van der Waals surface area contributed by atoms with Crippen LogP contribution in [-0.2, 0) is 0 Å². The molecule has 5 heteroatoms. The molecular formula is C22H19N3O2. The molecule has 27 heavy (non-hydrogen) atoms. The molecule has 0 saturated carbocycles. The summed E-state index contributed by atoms with van der Waals surface area (Å²) in [4.78, 5) is 15.6. The molecule has 0 aliphatic carbocycles. The Balaban J connectivity index is 1.57. The van der Waals surface area contributed by atoms with Crippen molar-refractivity contribution in [2.24, 2.45) is 5.10 Å². The summed E-state index contributed by atoms with van der Waals surface area (Å²) in [5.74, 6) is 0.587. The average molecular weight is 357 g/mol. The topological polar surface area (TPSA) is 66.5 Å². The second-order valence-electron chi connectivity index (χ2n) is 6.31. The predicted octanol–water partition coefficient (Wildman–Crippen LogP) is 4.48. The number of amides is 1. The largest absolute Gasteiger partial charge is 0.497 e. The minimum atomic E-state index is -0.239. The molecule has 2 N–H and O–H groups in total. The highest BCUT2D eigenvalue weighted by atomic mass is 16.5. The van der Waals surface area contributed by atoms with Crippen molar-refractivity contribution in [3.05, 3.63) is 78.0 Å². The van der Waals surface area contributed by atoms with E-state index in [-0.39, 0.29) is 5.91 Å². The number of hydrogen-bond donors (Lipinski definition) is 2. The minimum Gasteiger partial charge on any atom is -0.497 e. The number of carbonyl (C=O) groups is 1. The number of aromatic nitrogens is 1. The molecule has 0 unspecified atom stereocenters. The van der Waals surface area contributed by atoms with Gasteiger partial charge in [-0.15, -0.1) is 0 Å². The van der Waals surface area contributed by atoms with Crippen molar-refractivity contribution in [2.75, 3.05) is 7.11 Å². The maximum atomic E-state index is 12.5. The lowest BCUT2D eigenvalue weighted by atomic mass is 10.0. The van der Waals surface area contributed by atoms with Gasteiger partial charge in [0.05, 0.1) is 18.4 Å². The summed E-state index contributed by atoms with van der Waals surface area (Å²) in [7, 11) is 1.66. The Labute approximate surface area is 156 Å². The van der Waals surface area contributed by atoms with Gasteiger partial charge in [0.25, 0.3) is 5.91 Å². The molecule has 0 aliphatic heterocycles. The molecule has 4 aromatic rings. The molecule has 0 atom stereocenters. The molecule has 1 amide bonds. The van der Waals surface area contributed by atoms with E-state index in [1.807, 2.05) is 67.6 Å². The number of benzene rings is 3. The first kappa shape index (κ1) is 16.8. The Bertz CT molecular complexity index is 1170. The first-order valence-corrected chi connectivity index (χ1v) is 8.64. The third-order valence-electron chi connectivity index (χ3n) is 4.62. The maximum Gasteiger partial charge on any atom is 0.273 e. The number of carbonyl (C=O) groups excluding carboxylic acids is 1. The number of methoxy groups -OCH3 is 1. The first-order valence-electron chi connectivity index (χ1n) is 8.64. The lowest BCUT2D eigenvalue weighted by Crippen LogP contribution is -2.19. The molecule has 0 spiro atoms. The molecule has 1 heterocycles. The zero-order valence-electron chi connectivity index (χ0n) is 15.1. The van der Waals surface area contributed by atoms with Gasteiger partial charge >= 0.3 is 0 Å². The fourth-order valence-corrected chi connectivity index (χ4v) is 3.09. The molecule has 0 fully saturated rings. The van der Waals surface area contributed by atoms with Crippen LogP contribution in [0.2, 0.25) is 0 Å². The molecular weight excluding hydrogens is 338 g/mol. The van der Waals surface area contributed by atoms with Gasteiger partial charge < -0.3 is 9.72 Å². The number of nitrogens with zero attached hydrogens (tertiary/aromatic N) is 1. The molecule has 1 aromatic heterocycles. The van der Waals surface area contributed by atoms with E-state index in [1.165, 1.54) is 0 Å². The zero-order chi connectivity index (χ0) is 18.8. The highest BCUT2D eigenvalue weighted by molar-refractivity contribution is 6.08. The fraction of sp³-hybridized carbons (Fsp3) is 0.0909. The highest BCUT2D eigenvalue weighted by Crippen LogP contribution is 2.22. The Hall–Kier alpha value is -3.60. The van der Waals surface area contributed by atoms with Crippen LogP contribution in [0.1, 0.15) is 22.8 Å². The van der Waals surface area contributed by atoms with Crippen LogP contribution in [0.5, 0.6) is 5.75 Å². The molecule has 0 radical (unpaired) electrons. The van der Waals surface area contributed by atoms with Gasteiger partial charge in [-0.2, -0.15) is 5.10 Å². The Kier molecular flexibility index (Phi) is 4.34. The Morgan fingerprint density at radius 2 is 1.81 bits per heavy atom. The number of aromatic amines is 1. The van der Waals surface area contributed by atoms with E-state index in [1.54, 1.807) is 13.3 Å². The standard InChI is InChI=1S/C22H19N3O2/c1-14(15-7-8-17-12-18(27-2)10-9-16(17)11-15)24-25-22(26)20-13-23-21-6-4-3-5-19(20)21/h3-13,23H,1-2H3,(H,25,26)/b24-14-. The monoisotopic (exact) mass is 357 g/mol. The first-order chi connectivity index (χ1) is 13.2. The minimum absolute atomic E-state index is 0.239. The van der Waals surface area contributed by atoms with Gasteiger partial charge in [0.1, 0.15) is 5.75 Å². The number of hydrazone groups is 1. The number of ether oxygens (including phenoxy) is 1. The highest BCUT2D eigenvalue weighted by Gasteiger charge is 2.11. The summed E-state index contributed by atoms with van der Waals surface area (Å²) in [6.07, 6.45) is 1.70. The van der Waals surface area contributed by atoms with Gasteiger partial charge in [-0.25, -0.2) is 5.43 Å². The van der Waals surface area contributed by atoms with Crippen molar-refractivity contribution < 1.29 is 9.53 Å². The molecule has 4 rings (SSSR count). The van der Waals surface area contributed by atoms with E-state index in [4.69, 9.17) is 4.74 Å². The third-order valence-corrected chi connectivity index (χ3v) is 4.62. The van der Waals surface area contributed by atoms with Crippen LogP contribution in [-0.4, -0.2) is 23.7 Å². The number of para-hydroxylation sites is 1. The second kappa shape index (κ2) is 6.96. The van der Waals surface area contributed by atoms with Crippen LogP contribution in [0.25, 0.3) is 21.7 Å². The number of fused-ring (bicyclic) bond motifs is 2. The summed E-state index contributed by atoms with van der Waals surface area (Å²) < 4.78 is 5.26. The smallest absolute Gasteiger partial charge is 0.273 e. The summed E-state index contributed by atoms with van der Waals surface area (Å²) in [5.41, 5.74) is 5.84. The van der Waals surface area contributed by atoms with Gasteiger partial charge in [-0.05, 0) is 47.5 Å². The normalized spacial score (nSPS) is 11.7. The number of rotatable bonds is 4. The average Bonchev–Trinajstić information content (AvgIpc) is 3.15. The Morgan fingerprint density at radius 1 is 1.04 bits per heavy atom. The lowest BCUT2D eigenvalue weighted by Gasteiger charge is -2.06. The SMILES string of the molecule is COc1ccc2cc(/C(C)=N\NC(=O)c3c[nH]c4ccccc34)ccc2c1. The van der Waals surface area contributed by atoms with E-state index in [9.17, 15) is 4.79 Å². The quantitative estimate of drug-likeness (QED) is 0.418. The third kappa shape index (κ3) is 3.27. The lowest BCUT2D eigenvalue weighted by molar-refractivity contribution is 0.0956. The van der Waals surface area contributed by atoms with Crippen LogP contribution in [0.3, 0.4) is 0 Å². The summed E-state index contributed by atoms with van der Waals surface area (Å²) in [6.45, 7) is 1.88. The van der Waals surface area contributed by atoms with Crippen molar-refractivity contribution in [3.63, 3.8) is 0 Å². The van der Waals surface area contributed by atoms with E-state index < -0.39 is 0 Å². The van der Waals surface area contributed by atoms with Crippen molar-refractivity contribution in [1.82, 2.24) is 10.4 Å². The fourth-order valence-electron chi connectivity index (χ4n) is 3.09. The van der Waals surface area contributed by atoms with Crippen LogP contribution in [0.4, 0.5) is 0 Å². The van der Waals surface area contributed by atoms with Crippen molar-refractivity contribution in [1.29, 1.82) is 0 Å². The van der Waals surface area contributed by atoms with Crippen molar-refractivity contribution in [2.45, 2.75) is 6.92 Å². The maximum absolute atomic E-state index is 12.5. The van der Waals surface area contributed by atoms with Crippen LogP contribution < -0.4 is 10.2 Å². The zero-order valence-corrected chi connectivity index (χ0v) is 15.1. The molecule has 5 nitrogen and oxygen atoms in total. The van der Waals surface area contributed by atoms with E-state index in [0.29, 0.717) is 5.56 Å². The van der Waals surface area contributed by atoms with Gasteiger partial charge in [-0.3, -0.25) is 4.79 Å². The van der Waals surface area contributed by atoms with E-state index >= 15 is 0 Å². The Morgan fingerprint density at radius 3 is 2.67 bits per heavy atom. The van der Waals surface area contributed by atoms with Gasteiger partial charge in [0.2, 0.25) is 0 Å². The molecule has 0 aliphatic rings. The predicted molar refractivity (Wildman–Crippen MR) is 108 cm³/mol. The number of nitrogens with one attached hydrogen (secondary N) is 2. The molecule has 0 bridgehead atoms. The molecule has 0 saturated heterocycles. The van der Waals surface area contributed by atoms with Crippen LogP contribution in [0, 0.1) is 0 Å². The van der Waals surface area contributed by atoms with Crippen LogP contribution >= 0.6 is 0 Å². The number of hydrogen-bond acceptors (Lipinski definition) is 3. The van der Waals surface area contributed by atoms with Gasteiger partial charge in [0.15, 0.2) is 0 Å². The van der Waals surface area contributed by atoms with Crippen molar-refractivity contribution in [3.8, 4) is 5.75 Å². The van der Waals surface area contributed by atoms with Crippen molar-refractivity contribution >= 4 is 33.3 Å². The molecule has 134 valence electrons. The number of H-pyrrole nitrogens is 1. The van der Waals surface area contributed by atoms with E-state index in [0.717, 1.165) is 38.7 Å². The summed E-state index contributed by atoms with van der Waals surface area (Å²) >= 11 is 0. The summed E-state index contributed by atoms with van der Waals surface area (Å²) in [5, 5.41) is 7.33. The van der Waals surface area contributed by atoms with Gasteiger partial charge in [0, 0.05) is 17.1 Å². The van der Waals surface area contributed by atoms with E-state index in [2.05, 4.69) is 15.5 Å².